The number of nitrogens with zero attached hydrogens (tertiary/aromatic N) is 2. The van der Waals surface area contributed by atoms with Crippen LogP contribution in [0.5, 0.6) is 0 Å². The number of guanidine groups is 1. The van der Waals surface area contributed by atoms with Crippen molar-refractivity contribution < 1.29 is 8.78 Å². The second-order valence-corrected chi connectivity index (χ2v) is 5.83. The molecule has 0 radical (unpaired) electrons. The highest BCUT2D eigenvalue weighted by molar-refractivity contribution is 7.09. The van der Waals surface area contributed by atoms with Crippen molar-refractivity contribution in [2.45, 2.75) is 25.3 Å². The summed E-state index contributed by atoms with van der Waals surface area (Å²) in [5.74, 6) is -0.487. The number of nitrogens with two attached hydrogens (primary N) is 1. The smallest absolute Gasteiger partial charge is 0.193 e. The minimum atomic E-state index is -0.584. The first-order chi connectivity index (χ1) is 10.1. The van der Waals surface area contributed by atoms with Crippen LogP contribution in [0.15, 0.2) is 28.6 Å². The van der Waals surface area contributed by atoms with E-state index >= 15 is 0 Å². The van der Waals surface area contributed by atoms with Gasteiger partial charge in [-0.2, -0.15) is 0 Å². The van der Waals surface area contributed by atoms with Gasteiger partial charge in [-0.15, -0.1) is 11.3 Å². The number of nitrogens with one attached hydrogen (secondary N) is 1. The molecule has 0 bridgehead atoms. The highest BCUT2D eigenvalue weighted by atomic mass is 32.1. The van der Waals surface area contributed by atoms with Crippen molar-refractivity contribution in [3.63, 3.8) is 0 Å². The van der Waals surface area contributed by atoms with E-state index in [0.29, 0.717) is 12.5 Å². The van der Waals surface area contributed by atoms with Gasteiger partial charge in [0.2, 0.25) is 0 Å². The van der Waals surface area contributed by atoms with Crippen LogP contribution in [0.3, 0.4) is 0 Å². The van der Waals surface area contributed by atoms with Gasteiger partial charge in [-0.05, 0) is 25.0 Å². The van der Waals surface area contributed by atoms with Crippen molar-refractivity contribution in [1.29, 1.82) is 0 Å². The molecule has 0 saturated heterocycles. The number of hydrogen-bond acceptors (Lipinski definition) is 3. The maximum absolute atomic E-state index is 13.4. The lowest BCUT2D eigenvalue weighted by Crippen LogP contribution is -2.23. The van der Waals surface area contributed by atoms with E-state index in [1.165, 1.54) is 24.2 Å². The topological polar surface area (TPSA) is 63.3 Å². The van der Waals surface area contributed by atoms with Crippen LogP contribution in [-0.2, 0) is 6.54 Å². The summed E-state index contributed by atoms with van der Waals surface area (Å²) >= 11 is 1.54. The van der Waals surface area contributed by atoms with Gasteiger partial charge in [-0.1, -0.05) is 0 Å². The minimum absolute atomic E-state index is 0.0303. The zero-order chi connectivity index (χ0) is 14.8. The van der Waals surface area contributed by atoms with E-state index in [-0.39, 0.29) is 11.6 Å². The molecule has 7 heteroatoms. The lowest BCUT2D eigenvalue weighted by molar-refractivity contribution is 0.604. The molecule has 0 amide bonds. The zero-order valence-corrected chi connectivity index (χ0v) is 12.0. The Morgan fingerprint density at radius 2 is 2.24 bits per heavy atom. The van der Waals surface area contributed by atoms with Gasteiger partial charge in [0.15, 0.2) is 5.96 Å². The molecule has 21 heavy (non-hydrogen) atoms. The fourth-order valence-corrected chi connectivity index (χ4v) is 2.69. The first kappa shape index (κ1) is 13.9. The molecule has 110 valence electrons. The Morgan fingerprint density at radius 3 is 3.00 bits per heavy atom. The lowest BCUT2D eigenvalue weighted by atomic mass is 10.3. The standard InChI is InChI=1S/C14H14F2N4S/c15-9-3-4-10(16)11(5-9)20-14(17)18-6-13-19-12(7-21-13)8-1-2-8/h3-5,7-8H,1-2,6H2,(H3,17,18,20). The Kier molecular flexibility index (Phi) is 3.83. The molecule has 1 fully saturated rings. The van der Waals surface area contributed by atoms with Crippen molar-refractivity contribution >= 4 is 23.0 Å². The predicted octanol–water partition coefficient (Wildman–Crippen LogP) is 3.23. The number of aromatic nitrogens is 1. The second-order valence-electron chi connectivity index (χ2n) is 4.89. The third-order valence-electron chi connectivity index (χ3n) is 3.14. The van der Waals surface area contributed by atoms with Crippen LogP contribution >= 0.6 is 11.3 Å². The van der Waals surface area contributed by atoms with Gasteiger partial charge in [0.05, 0.1) is 17.9 Å². The first-order valence-corrected chi connectivity index (χ1v) is 7.46. The fraction of sp³-hybridized carbons (Fsp3) is 0.286. The van der Waals surface area contributed by atoms with E-state index in [1.54, 1.807) is 0 Å². The quantitative estimate of drug-likeness (QED) is 0.673. The number of anilines is 1. The van der Waals surface area contributed by atoms with Gasteiger partial charge in [0, 0.05) is 17.4 Å². The van der Waals surface area contributed by atoms with Crippen LogP contribution in [0, 0.1) is 11.6 Å². The Labute approximate surface area is 124 Å². The van der Waals surface area contributed by atoms with E-state index in [4.69, 9.17) is 5.73 Å². The molecule has 1 aliphatic rings. The lowest BCUT2D eigenvalue weighted by Gasteiger charge is -2.06. The van der Waals surface area contributed by atoms with E-state index in [2.05, 4.69) is 15.3 Å². The Balaban J connectivity index is 1.63. The van der Waals surface area contributed by atoms with E-state index in [0.717, 1.165) is 28.9 Å². The van der Waals surface area contributed by atoms with Gasteiger partial charge >= 0.3 is 0 Å². The number of rotatable bonds is 4. The molecule has 3 rings (SSSR count). The Morgan fingerprint density at radius 1 is 1.43 bits per heavy atom. The summed E-state index contributed by atoms with van der Waals surface area (Å²) in [6.07, 6.45) is 2.41. The monoisotopic (exact) mass is 308 g/mol. The Hall–Kier alpha value is -2.02. The molecule has 1 aliphatic carbocycles. The normalized spacial score (nSPS) is 15.2. The molecule has 0 unspecified atom stereocenters. The van der Waals surface area contributed by atoms with Gasteiger partial charge < -0.3 is 11.1 Å². The van der Waals surface area contributed by atoms with Crippen molar-refractivity contribution in [2.75, 3.05) is 5.32 Å². The van der Waals surface area contributed by atoms with E-state index < -0.39 is 11.6 Å². The minimum Gasteiger partial charge on any atom is -0.370 e. The first-order valence-electron chi connectivity index (χ1n) is 6.58. The summed E-state index contributed by atoms with van der Waals surface area (Å²) in [5, 5.41) is 5.46. The van der Waals surface area contributed by atoms with Crippen LogP contribution in [-0.4, -0.2) is 10.9 Å². The zero-order valence-electron chi connectivity index (χ0n) is 11.1. The van der Waals surface area contributed by atoms with Crippen LogP contribution in [0.25, 0.3) is 0 Å². The molecule has 1 heterocycles. The predicted molar refractivity (Wildman–Crippen MR) is 79.4 cm³/mol. The second kappa shape index (κ2) is 5.77. The maximum atomic E-state index is 13.4. The Bertz CT molecular complexity index is 679. The molecular formula is C14H14F2N4S. The molecule has 0 atom stereocenters. The highest BCUT2D eigenvalue weighted by Gasteiger charge is 2.25. The molecule has 1 aromatic carbocycles. The average molecular weight is 308 g/mol. The maximum Gasteiger partial charge on any atom is 0.193 e. The van der Waals surface area contributed by atoms with Crippen molar-refractivity contribution in [3.8, 4) is 0 Å². The third kappa shape index (κ3) is 3.55. The summed E-state index contributed by atoms with van der Waals surface area (Å²) in [6, 6.07) is 3.11. The van der Waals surface area contributed by atoms with Crippen molar-refractivity contribution in [1.82, 2.24) is 4.98 Å². The summed E-state index contributed by atoms with van der Waals surface area (Å²) < 4.78 is 26.5. The van der Waals surface area contributed by atoms with E-state index in [1.807, 2.05) is 5.38 Å². The highest BCUT2D eigenvalue weighted by Crippen LogP contribution is 2.40. The SMILES string of the molecule is NC(=NCc1nc(C2CC2)cs1)Nc1cc(F)ccc1F. The van der Waals surface area contributed by atoms with Gasteiger partial charge in [0.1, 0.15) is 16.6 Å². The number of aliphatic imine (C=N–C) groups is 1. The molecular weight excluding hydrogens is 294 g/mol. The molecule has 0 spiro atoms. The summed E-state index contributed by atoms with van der Waals surface area (Å²) in [5.41, 5.74) is 6.76. The fourth-order valence-electron chi connectivity index (χ4n) is 1.89. The number of thiazole rings is 1. The molecule has 2 aromatic rings. The van der Waals surface area contributed by atoms with Crippen LogP contribution in [0.2, 0.25) is 0 Å². The van der Waals surface area contributed by atoms with Crippen molar-refractivity contribution in [2.24, 2.45) is 10.7 Å². The molecule has 3 N–H and O–H groups in total. The van der Waals surface area contributed by atoms with Gasteiger partial charge in [-0.25, -0.2) is 18.8 Å². The summed E-state index contributed by atoms with van der Waals surface area (Å²) in [6.45, 7) is 0.327. The van der Waals surface area contributed by atoms with Crippen LogP contribution < -0.4 is 11.1 Å². The van der Waals surface area contributed by atoms with E-state index in [9.17, 15) is 8.78 Å². The molecule has 1 aromatic heterocycles. The van der Waals surface area contributed by atoms with Crippen LogP contribution in [0.1, 0.15) is 29.5 Å². The number of benzene rings is 1. The van der Waals surface area contributed by atoms with Gasteiger partial charge in [-0.3, -0.25) is 0 Å². The third-order valence-corrected chi connectivity index (χ3v) is 3.99. The summed E-state index contributed by atoms with van der Waals surface area (Å²) in [4.78, 5) is 8.57. The summed E-state index contributed by atoms with van der Waals surface area (Å²) in [7, 11) is 0. The molecule has 1 saturated carbocycles. The average Bonchev–Trinajstić information content (AvgIpc) is 3.20. The number of halogens is 2. The number of hydrogen-bond donors (Lipinski definition) is 2. The van der Waals surface area contributed by atoms with Gasteiger partial charge in [0.25, 0.3) is 0 Å². The van der Waals surface area contributed by atoms with Crippen LogP contribution in [0.4, 0.5) is 14.5 Å². The largest absolute Gasteiger partial charge is 0.370 e. The van der Waals surface area contributed by atoms with Crippen molar-refractivity contribution in [3.05, 3.63) is 45.9 Å². The molecule has 4 nitrogen and oxygen atoms in total. The molecule has 0 aliphatic heterocycles.